The van der Waals surface area contributed by atoms with Crippen LogP contribution in [0, 0.1) is 5.92 Å². The van der Waals surface area contributed by atoms with Gasteiger partial charge in [0.1, 0.15) is 0 Å². The molecule has 4 nitrogen and oxygen atoms in total. The first-order valence-corrected chi connectivity index (χ1v) is 5.66. The Hall–Kier alpha value is -1.71. The summed E-state index contributed by atoms with van der Waals surface area (Å²) < 4.78 is 10.5. The van der Waals surface area contributed by atoms with Crippen LogP contribution < -0.4 is 14.8 Å². The van der Waals surface area contributed by atoms with Crippen molar-refractivity contribution in [1.82, 2.24) is 5.32 Å². The van der Waals surface area contributed by atoms with Gasteiger partial charge in [0.2, 0.25) is 0 Å². The quantitative estimate of drug-likeness (QED) is 0.821. The molecule has 0 bridgehead atoms. The standard InChI is InChI=1S/C13H19NO3/c1-10(2)8-14-13(15)9-17-12-7-5-4-6-11(12)16-3/h4-7,10H,8-9H2,1-3H3,(H,14,15). The van der Waals surface area contributed by atoms with Gasteiger partial charge in [-0.25, -0.2) is 0 Å². The third-order valence-corrected chi connectivity index (χ3v) is 2.14. The van der Waals surface area contributed by atoms with Crippen molar-refractivity contribution in [3.8, 4) is 11.5 Å². The van der Waals surface area contributed by atoms with Crippen molar-refractivity contribution in [3.63, 3.8) is 0 Å². The first-order chi connectivity index (χ1) is 8.13. The number of amides is 1. The van der Waals surface area contributed by atoms with E-state index in [0.29, 0.717) is 24.0 Å². The van der Waals surface area contributed by atoms with E-state index in [4.69, 9.17) is 9.47 Å². The third-order valence-electron chi connectivity index (χ3n) is 2.14. The van der Waals surface area contributed by atoms with Crippen LogP contribution >= 0.6 is 0 Å². The molecular formula is C13H19NO3. The molecular weight excluding hydrogens is 218 g/mol. The summed E-state index contributed by atoms with van der Waals surface area (Å²) in [6, 6.07) is 7.25. The van der Waals surface area contributed by atoms with Crippen molar-refractivity contribution in [2.45, 2.75) is 13.8 Å². The van der Waals surface area contributed by atoms with Gasteiger partial charge in [-0.2, -0.15) is 0 Å². The van der Waals surface area contributed by atoms with E-state index in [1.54, 1.807) is 19.2 Å². The molecule has 0 spiro atoms. The normalized spacial score (nSPS) is 10.1. The van der Waals surface area contributed by atoms with E-state index in [2.05, 4.69) is 5.32 Å². The minimum Gasteiger partial charge on any atom is -0.493 e. The van der Waals surface area contributed by atoms with Gasteiger partial charge in [0.15, 0.2) is 18.1 Å². The largest absolute Gasteiger partial charge is 0.493 e. The van der Waals surface area contributed by atoms with Crippen LogP contribution in [-0.2, 0) is 4.79 Å². The van der Waals surface area contributed by atoms with E-state index in [-0.39, 0.29) is 12.5 Å². The molecule has 0 aliphatic rings. The topological polar surface area (TPSA) is 47.6 Å². The molecule has 0 radical (unpaired) electrons. The molecule has 1 aromatic rings. The van der Waals surface area contributed by atoms with Gasteiger partial charge in [0, 0.05) is 6.54 Å². The molecule has 0 saturated carbocycles. The molecule has 0 unspecified atom stereocenters. The van der Waals surface area contributed by atoms with Crippen molar-refractivity contribution < 1.29 is 14.3 Å². The minimum atomic E-state index is -0.121. The lowest BCUT2D eigenvalue weighted by atomic mass is 10.2. The Balaban J connectivity index is 2.42. The van der Waals surface area contributed by atoms with Gasteiger partial charge in [0.25, 0.3) is 5.91 Å². The fourth-order valence-corrected chi connectivity index (χ4v) is 1.25. The average molecular weight is 237 g/mol. The molecule has 4 heteroatoms. The number of benzene rings is 1. The number of hydrogen-bond acceptors (Lipinski definition) is 3. The van der Waals surface area contributed by atoms with Gasteiger partial charge < -0.3 is 14.8 Å². The number of carbonyl (C=O) groups is 1. The molecule has 17 heavy (non-hydrogen) atoms. The highest BCUT2D eigenvalue weighted by Crippen LogP contribution is 2.25. The number of para-hydroxylation sites is 2. The van der Waals surface area contributed by atoms with Gasteiger partial charge >= 0.3 is 0 Å². The predicted molar refractivity (Wildman–Crippen MR) is 66.3 cm³/mol. The smallest absolute Gasteiger partial charge is 0.257 e. The van der Waals surface area contributed by atoms with Gasteiger partial charge in [-0.3, -0.25) is 4.79 Å². The maximum atomic E-state index is 11.4. The van der Waals surface area contributed by atoms with Gasteiger partial charge in [-0.1, -0.05) is 26.0 Å². The fourth-order valence-electron chi connectivity index (χ4n) is 1.25. The van der Waals surface area contributed by atoms with Crippen LogP contribution in [-0.4, -0.2) is 26.2 Å². The van der Waals surface area contributed by atoms with Crippen LogP contribution in [0.15, 0.2) is 24.3 Å². The zero-order valence-electron chi connectivity index (χ0n) is 10.5. The summed E-state index contributed by atoms with van der Waals surface area (Å²) in [6.07, 6.45) is 0. The Morgan fingerprint density at radius 3 is 2.53 bits per heavy atom. The van der Waals surface area contributed by atoms with E-state index in [9.17, 15) is 4.79 Å². The summed E-state index contributed by atoms with van der Waals surface area (Å²) in [7, 11) is 1.57. The lowest BCUT2D eigenvalue weighted by Crippen LogP contribution is -2.31. The summed E-state index contributed by atoms with van der Waals surface area (Å²) in [4.78, 5) is 11.4. The average Bonchev–Trinajstić information content (AvgIpc) is 2.34. The van der Waals surface area contributed by atoms with Crippen LogP contribution in [0.3, 0.4) is 0 Å². The highest BCUT2D eigenvalue weighted by atomic mass is 16.5. The van der Waals surface area contributed by atoms with E-state index >= 15 is 0 Å². The number of rotatable bonds is 6. The summed E-state index contributed by atoms with van der Waals surface area (Å²) in [5.74, 6) is 1.52. The highest BCUT2D eigenvalue weighted by molar-refractivity contribution is 5.77. The molecule has 1 aromatic carbocycles. The Morgan fingerprint density at radius 2 is 1.94 bits per heavy atom. The van der Waals surface area contributed by atoms with Gasteiger partial charge in [-0.15, -0.1) is 0 Å². The predicted octanol–water partition coefficient (Wildman–Crippen LogP) is 1.85. The first kappa shape index (κ1) is 13.4. The summed E-state index contributed by atoms with van der Waals surface area (Å²) in [5, 5.41) is 2.79. The monoisotopic (exact) mass is 237 g/mol. The second-order valence-corrected chi connectivity index (χ2v) is 4.14. The van der Waals surface area contributed by atoms with Crippen molar-refractivity contribution >= 4 is 5.91 Å². The summed E-state index contributed by atoms with van der Waals surface area (Å²) in [5.41, 5.74) is 0. The van der Waals surface area contributed by atoms with Gasteiger partial charge in [-0.05, 0) is 18.1 Å². The fraction of sp³-hybridized carbons (Fsp3) is 0.462. The van der Waals surface area contributed by atoms with Crippen LogP contribution in [0.1, 0.15) is 13.8 Å². The van der Waals surface area contributed by atoms with Gasteiger partial charge in [0.05, 0.1) is 7.11 Å². The van der Waals surface area contributed by atoms with Crippen LogP contribution in [0.4, 0.5) is 0 Å². The SMILES string of the molecule is COc1ccccc1OCC(=O)NCC(C)C. The Morgan fingerprint density at radius 1 is 1.29 bits per heavy atom. The van der Waals surface area contributed by atoms with Crippen LogP contribution in [0.5, 0.6) is 11.5 Å². The molecule has 1 rings (SSSR count). The van der Waals surface area contributed by atoms with E-state index < -0.39 is 0 Å². The summed E-state index contributed by atoms with van der Waals surface area (Å²) in [6.45, 7) is 4.75. The second kappa shape index (κ2) is 6.78. The van der Waals surface area contributed by atoms with Crippen molar-refractivity contribution in [3.05, 3.63) is 24.3 Å². The zero-order valence-corrected chi connectivity index (χ0v) is 10.5. The van der Waals surface area contributed by atoms with Crippen molar-refractivity contribution in [1.29, 1.82) is 0 Å². The second-order valence-electron chi connectivity index (χ2n) is 4.14. The molecule has 0 atom stereocenters. The number of carbonyl (C=O) groups excluding carboxylic acids is 1. The molecule has 0 heterocycles. The highest BCUT2D eigenvalue weighted by Gasteiger charge is 2.06. The third kappa shape index (κ3) is 4.76. The zero-order chi connectivity index (χ0) is 12.7. The Bertz CT molecular complexity index is 363. The number of nitrogens with one attached hydrogen (secondary N) is 1. The summed E-state index contributed by atoms with van der Waals surface area (Å²) >= 11 is 0. The molecule has 0 aromatic heterocycles. The number of hydrogen-bond donors (Lipinski definition) is 1. The van der Waals surface area contributed by atoms with E-state index in [0.717, 1.165) is 0 Å². The lowest BCUT2D eigenvalue weighted by molar-refractivity contribution is -0.123. The Kier molecular flexibility index (Phi) is 5.33. The van der Waals surface area contributed by atoms with Crippen molar-refractivity contribution in [2.75, 3.05) is 20.3 Å². The van der Waals surface area contributed by atoms with Crippen molar-refractivity contribution in [2.24, 2.45) is 5.92 Å². The maximum Gasteiger partial charge on any atom is 0.257 e. The molecule has 0 fully saturated rings. The first-order valence-electron chi connectivity index (χ1n) is 5.66. The van der Waals surface area contributed by atoms with E-state index in [1.807, 2.05) is 26.0 Å². The van der Waals surface area contributed by atoms with Crippen LogP contribution in [0.25, 0.3) is 0 Å². The minimum absolute atomic E-state index is 0.00704. The lowest BCUT2D eigenvalue weighted by Gasteiger charge is -2.11. The molecule has 0 saturated heterocycles. The Labute approximate surface area is 102 Å². The number of ether oxygens (including phenoxy) is 2. The van der Waals surface area contributed by atoms with Crippen LogP contribution in [0.2, 0.25) is 0 Å². The maximum absolute atomic E-state index is 11.4. The molecule has 1 N–H and O–H groups in total. The number of methoxy groups -OCH3 is 1. The van der Waals surface area contributed by atoms with E-state index in [1.165, 1.54) is 0 Å². The molecule has 0 aliphatic heterocycles. The molecule has 1 amide bonds. The molecule has 0 aliphatic carbocycles. The molecule has 94 valence electrons.